The zero-order chi connectivity index (χ0) is 20.7. The van der Waals surface area contributed by atoms with Crippen molar-refractivity contribution >= 4 is 50.8 Å². The van der Waals surface area contributed by atoms with Crippen LogP contribution in [0.1, 0.15) is 22.4 Å². The number of hydrogen-bond donors (Lipinski definition) is 0. The number of carbonyl (C=O) groups excluding carboxylic acids is 1. The van der Waals surface area contributed by atoms with E-state index in [1.54, 1.807) is 31.5 Å². The molecular weight excluding hydrogens is 433 g/mol. The number of thiophene rings is 1. The molecule has 29 heavy (non-hydrogen) atoms. The van der Waals surface area contributed by atoms with E-state index >= 15 is 0 Å². The fourth-order valence-corrected chi connectivity index (χ4v) is 5.92. The quantitative estimate of drug-likeness (QED) is 0.434. The predicted octanol–water partition coefficient (Wildman–Crippen LogP) is 4.03. The van der Waals surface area contributed by atoms with Crippen LogP contribution in [0.25, 0.3) is 10.2 Å². The van der Waals surface area contributed by atoms with Crippen molar-refractivity contribution in [2.24, 2.45) is 7.05 Å². The summed E-state index contributed by atoms with van der Waals surface area (Å²) in [6, 6.07) is 4.45. The van der Waals surface area contributed by atoms with Crippen LogP contribution in [0, 0.1) is 5.82 Å². The predicted molar refractivity (Wildman–Crippen MR) is 115 cm³/mol. The van der Waals surface area contributed by atoms with Gasteiger partial charge in [-0.3, -0.25) is 14.2 Å². The van der Waals surface area contributed by atoms with E-state index in [4.69, 9.17) is 11.6 Å². The zero-order valence-electron chi connectivity index (χ0n) is 16.0. The molecule has 4 rings (SSSR count). The van der Waals surface area contributed by atoms with Crippen LogP contribution in [0.4, 0.5) is 4.39 Å². The fourth-order valence-electron chi connectivity index (χ4n) is 3.48. The maximum atomic E-state index is 14.0. The minimum absolute atomic E-state index is 0.0594. The second-order valence-corrected chi connectivity index (χ2v) is 9.47. The van der Waals surface area contributed by atoms with E-state index in [1.807, 2.05) is 0 Å². The third-order valence-electron chi connectivity index (χ3n) is 5.11. The first kappa shape index (κ1) is 20.4. The van der Waals surface area contributed by atoms with Gasteiger partial charge in [0.15, 0.2) is 5.16 Å². The molecule has 9 heteroatoms. The lowest BCUT2D eigenvalue weighted by molar-refractivity contribution is -0.127. The van der Waals surface area contributed by atoms with Crippen molar-refractivity contribution in [3.63, 3.8) is 0 Å². The molecule has 1 amide bonds. The highest BCUT2D eigenvalue weighted by molar-refractivity contribution is 7.99. The Labute approximate surface area is 180 Å². The molecule has 0 atom stereocenters. The second kappa shape index (κ2) is 8.08. The van der Waals surface area contributed by atoms with E-state index in [-0.39, 0.29) is 34.4 Å². The van der Waals surface area contributed by atoms with Gasteiger partial charge in [0, 0.05) is 36.1 Å². The number of thioether (sulfide) groups is 1. The summed E-state index contributed by atoms with van der Waals surface area (Å²) in [6.07, 6.45) is 3.02. The van der Waals surface area contributed by atoms with Crippen LogP contribution in [0.5, 0.6) is 0 Å². The van der Waals surface area contributed by atoms with Crippen LogP contribution in [0.15, 0.2) is 28.2 Å². The normalized spacial score (nSPS) is 13.1. The first-order chi connectivity index (χ1) is 13.9. The molecule has 0 aliphatic heterocycles. The lowest BCUT2D eigenvalue weighted by atomic mass is 10.2. The number of amides is 1. The second-order valence-electron chi connectivity index (χ2n) is 7.03. The Morgan fingerprint density at radius 2 is 2.21 bits per heavy atom. The van der Waals surface area contributed by atoms with Crippen LogP contribution in [-0.4, -0.2) is 33.2 Å². The maximum Gasteiger partial charge on any atom is 0.262 e. The number of hydrogen-bond acceptors (Lipinski definition) is 5. The molecule has 5 nitrogen and oxygen atoms in total. The number of nitrogens with zero attached hydrogens (tertiary/aromatic N) is 3. The van der Waals surface area contributed by atoms with Gasteiger partial charge in [0.05, 0.1) is 11.1 Å². The minimum atomic E-state index is -0.440. The van der Waals surface area contributed by atoms with Crippen molar-refractivity contribution in [1.29, 1.82) is 0 Å². The fraction of sp³-hybridized carbons (Fsp3) is 0.350. The lowest BCUT2D eigenvalue weighted by Crippen LogP contribution is -2.29. The van der Waals surface area contributed by atoms with Gasteiger partial charge in [-0.15, -0.1) is 11.3 Å². The molecule has 0 fully saturated rings. The van der Waals surface area contributed by atoms with Crippen molar-refractivity contribution in [3.8, 4) is 0 Å². The molecule has 0 saturated heterocycles. The minimum Gasteiger partial charge on any atom is -0.341 e. The third kappa shape index (κ3) is 3.81. The van der Waals surface area contributed by atoms with E-state index in [1.165, 1.54) is 38.2 Å². The summed E-state index contributed by atoms with van der Waals surface area (Å²) in [5.41, 5.74) is 1.37. The lowest BCUT2D eigenvalue weighted by Gasteiger charge is -2.18. The molecule has 0 radical (unpaired) electrons. The molecule has 2 heterocycles. The Bertz CT molecular complexity index is 1150. The van der Waals surface area contributed by atoms with Crippen LogP contribution < -0.4 is 5.56 Å². The van der Waals surface area contributed by atoms with E-state index in [9.17, 15) is 14.0 Å². The van der Waals surface area contributed by atoms with Gasteiger partial charge in [-0.25, -0.2) is 9.37 Å². The van der Waals surface area contributed by atoms with Crippen molar-refractivity contribution in [3.05, 3.63) is 55.4 Å². The van der Waals surface area contributed by atoms with Gasteiger partial charge in [-0.2, -0.15) is 0 Å². The topological polar surface area (TPSA) is 55.2 Å². The molecule has 1 aromatic carbocycles. The molecule has 1 aliphatic carbocycles. The molecule has 0 unspecified atom stereocenters. The number of aromatic nitrogens is 2. The number of carbonyl (C=O) groups is 1. The van der Waals surface area contributed by atoms with Gasteiger partial charge >= 0.3 is 0 Å². The van der Waals surface area contributed by atoms with E-state index < -0.39 is 5.82 Å². The summed E-state index contributed by atoms with van der Waals surface area (Å²) in [5, 5.41) is 1.53. The molecule has 0 spiro atoms. The highest BCUT2D eigenvalue weighted by Crippen LogP contribution is 2.35. The average Bonchev–Trinajstić information content (AvgIpc) is 3.26. The van der Waals surface area contributed by atoms with Crippen LogP contribution in [0.2, 0.25) is 5.02 Å². The molecule has 2 aromatic heterocycles. The maximum absolute atomic E-state index is 14.0. The number of benzene rings is 1. The Kier molecular flexibility index (Phi) is 5.68. The number of rotatable bonds is 5. The summed E-state index contributed by atoms with van der Waals surface area (Å²) in [6.45, 7) is 0.0773. The Morgan fingerprint density at radius 3 is 2.97 bits per heavy atom. The van der Waals surface area contributed by atoms with Gasteiger partial charge in [-0.05, 0) is 37.0 Å². The Balaban J connectivity index is 1.50. The molecule has 1 aliphatic rings. The Morgan fingerprint density at radius 1 is 1.41 bits per heavy atom. The molecule has 0 bridgehead atoms. The number of fused-ring (bicyclic) bond motifs is 3. The summed E-state index contributed by atoms with van der Waals surface area (Å²) < 4.78 is 15.5. The molecule has 3 aromatic rings. The van der Waals surface area contributed by atoms with Crippen LogP contribution in [-0.2, 0) is 31.2 Å². The summed E-state index contributed by atoms with van der Waals surface area (Å²) >= 11 is 8.84. The Hall–Kier alpha value is -1.90. The highest BCUT2D eigenvalue weighted by atomic mass is 35.5. The van der Waals surface area contributed by atoms with Crippen LogP contribution >= 0.6 is 34.7 Å². The number of halogens is 2. The summed E-state index contributed by atoms with van der Waals surface area (Å²) in [7, 11) is 3.29. The van der Waals surface area contributed by atoms with Crippen molar-refractivity contribution in [1.82, 2.24) is 14.5 Å². The molecule has 0 N–H and O–H groups in total. The van der Waals surface area contributed by atoms with Gasteiger partial charge in [0.2, 0.25) is 5.91 Å². The van der Waals surface area contributed by atoms with Gasteiger partial charge in [0.25, 0.3) is 5.56 Å². The zero-order valence-corrected chi connectivity index (χ0v) is 18.4. The largest absolute Gasteiger partial charge is 0.341 e. The van der Waals surface area contributed by atoms with E-state index in [2.05, 4.69) is 4.98 Å². The van der Waals surface area contributed by atoms with Gasteiger partial charge in [0.1, 0.15) is 10.6 Å². The van der Waals surface area contributed by atoms with Crippen molar-refractivity contribution in [2.75, 3.05) is 12.8 Å². The standard InChI is InChI=1S/C20H19ClFN3O2S2/c1-24(9-12-13(21)6-4-7-14(12)22)16(26)10-28-20-23-18-17(19(27)25(20)2)11-5-3-8-15(11)29-18/h4,6-7H,3,5,8-10H2,1-2H3. The first-order valence-corrected chi connectivity index (χ1v) is 11.4. The smallest absolute Gasteiger partial charge is 0.262 e. The SMILES string of the molecule is CN(Cc1c(F)cccc1Cl)C(=O)CSc1nc2sc3c(c2c(=O)n1C)CCC3. The van der Waals surface area contributed by atoms with Crippen LogP contribution in [0.3, 0.4) is 0 Å². The van der Waals surface area contributed by atoms with E-state index in [0.29, 0.717) is 5.16 Å². The van der Waals surface area contributed by atoms with Crippen molar-refractivity contribution in [2.45, 2.75) is 31.0 Å². The summed E-state index contributed by atoms with van der Waals surface area (Å²) in [4.78, 5) is 33.4. The third-order valence-corrected chi connectivity index (χ3v) is 7.67. The number of aryl methyl sites for hydroxylation is 2. The van der Waals surface area contributed by atoms with Crippen molar-refractivity contribution < 1.29 is 9.18 Å². The first-order valence-electron chi connectivity index (χ1n) is 9.17. The average molecular weight is 452 g/mol. The highest BCUT2D eigenvalue weighted by Gasteiger charge is 2.23. The van der Waals surface area contributed by atoms with Gasteiger partial charge < -0.3 is 4.90 Å². The van der Waals surface area contributed by atoms with Gasteiger partial charge in [-0.1, -0.05) is 29.4 Å². The monoisotopic (exact) mass is 451 g/mol. The molecular formula is C20H19ClFN3O2S2. The van der Waals surface area contributed by atoms with E-state index in [0.717, 1.165) is 35.0 Å². The molecule has 0 saturated carbocycles. The molecule has 152 valence electrons. The summed E-state index contributed by atoms with van der Waals surface area (Å²) in [5.74, 6) is -0.540.